The average Bonchev–Trinajstić information content (AvgIpc) is 3.55. The third-order valence-electron chi connectivity index (χ3n) is 5.21. The normalized spacial score (nSPS) is 17.9. The number of pyridine rings is 1. The molecule has 2 heterocycles. The minimum absolute atomic E-state index is 0.117. The number of carbonyl (C=O) groups excluding carboxylic acids is 2. The lowest BCUT2D eigenvalue weighted by Gasteiger charge is -2.30. The Morgan fingerprint density at radius 1 is 1.33 bits per heavy atom. The first-order valence-corrected chi connectivity index (χ1v) is 10.8. The number of aromatic nitrogens is 1. The van der Waals surface area contributed by atoms with Crippen LogP contribution in [0.3, 0.4) is 0 Å². The van der Waals surface area contributed by atoms with Gasteiger partial charge in [-0.3, -0.25) is 9.59 Å². The maximum absolute atomic E-state index is 12.9. The summed E-state index contributed by atoms with van der Waals surface area (Å²) >= 11 is 0. The topological polar surface area (TPSA) is 92.8 Å². The van der Waals surface area contributed by atoms with Crippen LogP contribution in [-0.2, 0) is 9.53 Å². The second-order valence-corrected chi connectivity index (χ2v) is 9.33. The highest BCUT2D eigenvalue weighted by molar-refractivity contribution is 5.96. The lowest BCUT2D eigenvalue weighted by molar-refractivity contribution is -0.123. The molecular weight excluding hydrogens is 384 g/mol. The van der Waals surface area contributed by atoms with Gasteiger partial charge in [0.1, 0.15) is 24.2 Å². The lowest BCUT2D eigenvalue weighted by atomic mass is 9.87. The number of likely N-dealkylation sites (N-methyl/N-ethyl adjacent to an activating group) is 1. The van der Waals surface area contributed by atoms with E-state index in [0.717, 1.165) is 25.3 Å². The smallest absolute Gasteiger partial charge is 0.270 e. The summed E-state index contributed by atoms with van der Waals surface area (Å²) < 4.78 is 11.6. The molecule has 2 fully saturated rings. The van der Waals surface area contributed by atoms with Gasteiger partial charge in [-0.1, -0.05) is 20.8 Å². The summed E-state index contributed by atoms with van der Waals surface area (Å²) in [4.78, 5) is 31.8. The number of nitrogens with zero attached hydrogens (tertiary/aromatic N) is 2. The highest BCUT2D eigenvalue weighted by Crippen LogP contribution is 2.33. The summed E-state index contributed by atoms with van der Waals surface area (Å²) in [5.74, 6) is 0.419. The van der Waals surface area contributed by atoms with Crippen molar-refractivity contribution in [2.75, 3.05) is 38.4 Å². The summed E-state index contributed by atoms with van der Waals surface area (Å²) in [6, 6.07) is 2.91. The predicted octanol–water partition coefficient (Wildman–Crippen LogP) is 2.34. The number of amides is 2. The minimum Gasteiger partial charge on any atom is -0.476 e. The molecule has 1 aliphatic heterocycles. The first kappa shape index (κ1) is 22.3. The molecule has 0 radical (unpaired) electrons. The second kappa shape index (κ2) is 9.64. The summed E-state index contributed by atoms with van der Waals surface area (Å²) in [6.45, 7) is 8.79. The molecule has 166 valence electrons. The third kappa shape index (κ3) is 6.32. The SMILES string of the molecule is CNC(=O)C(CC(C)(C)C)NC(=O)c1ccc(N2CCCOC2)c(OCC2CC2)n1. The molecule has 1 aliphatic carbocycles. The van der Waals surface area contributed by atoms with Crippen molar-refractivity contribution in [3.05, 3.63) is 17.8 Å². The monoisotopic (exact) mass is 418 g/mol. The van der Waals surface area contributed by atoms with Gasteiger partial charge in [0.05, 0.1) is 13.2 Å². The standard InChI is InChI=1S/C22H34N4O4/c1-22(2,3)12-17(19(27)23-4)24-20(28)16-8-9-18(26-10-5-11-29-14-26)21(25-16)30-13-15-6-7-15/h8-9,15,17H,5-7,10-14H2,1-4H3,(H,23,27)(H,24,28). The van der Waals surface area contributed by atoms with E-state index in [1.165, 1.54) is 12.8 Å². The molecule has 0 spiro atoms. The second-order valence-electron chi connectivity index (χ2n) is 9.33. The zero-order valence-corrected chi connectivity index (χ0v) is 18.5. The van der Waals surface area contributed by atoms with E-state index in [1.807, 2.05) is 26.8 Å². The van der Waals surface area contributed by atoms with Crippen LogP contribution in [0.1, 0.15) is 56.9 Å². The molecule has 0 aromatic carbocycles. The molecule has 0 bridgehead atoms. The van der Waals surface area contributed by atoms with Gasteiger partial charge >= 0.3 is 0 Å². The molecule has 8 heteroatoms. The van der Waals surface area contributed by atoms with Gasteiger partial charge in [-0.05, 0) is 49.1 Å². The quantitative estimate of drug-likeness (QED) is 0.673. The van der Waals surface area contributed by atoms with Crippen LogP contribution in [0.5, 0.6) is 5.88 Å². The molecule has 2 N–H and O–H groups in total. The Morgan fingerprint density at radius 2 is 2.10 bits per heavy atom. The van der Waals surface area contributed by atoms with Crippen LogP contribution < -0.4 is 20.3 Å². The maximum atomic E-state index is 12.9. The van der Waals surface area contributed by atoms with Gasteiger partial charge in [-0.15, -0.1) is 0 Å². The van der Waals surface area contributed by atoms with Gasteiger partial charge in [-0.25, -0.2) is 4.98 Å². The molecule has 1 saturated heterocycles. The Morgan fingerprint density at radius 3 is 2.70 bits per heavy atom. The maximum Gasteiger partial charge on any atom is 0.270 e. The summed E-state index contributed by atoms with van der Waals surface area (Å²) in [5.41, 5.74) is 0.962. The van der Waals surface area contributed by atoms with E-state index in [1.54, 1.807) is 13.1 Å². The Kier molecular flexibility index (Phi) is 7.18. The third-order valence-corrected chi connectivity index (χ3v) is 5.21. The zero-order chi connectivity index (χ0) is 21.7. The number of carbonyl (C=O) groups is 2. The fourth-order valence-corrected chi connectivity index (χ4v) is 3.40. The van der Waals surface area contributed by atoms with Gasteiger partial charge in [0.2, 0.25) is 11.8 Å². The molecule has 1 aromatic heterocycles. The van der Waals surface area contributed by atoms with Gasteiger partial charge in [0.15, 0.2) is 0 Å². The lowest BCUT2D eigenvalue weighted by Crippen LogP contribution is -2.47. The van der Waals surface area contributed by atoms with Crippen LogP contribution in [0.15, 0.2) is 12.1 Å². The van der Waals surface area contributed by atoms with Crippen molar-refractivity contribution in [3.8, 4) is 5.88 Å². The van der Waals surface area contributed by atoms with E-state index in [0.29, 0.717) is 31.6 Å². The number of hydrogen-bond acceptors (Lipinski definition) is 6. The molecule has 30 heavy (non-hydrogen) atoms. The minimum atomic E-state index is -0.629. The van der Waals surface area contributed by atoms with E-state index in [-0.39, 0.29) is 22.9 Å². The number of rotatable bonds is 8. The van der Waals surface area contributed by atoms with Crippen molar-refractivity contribution in [3.63, 3.8) is 0 Å². The van der Waals surface area contributed by atoms with Crippen molar-refractivity contribution in [2.45, 2.75) is 52.5 Å². The van der Waals surface area contributed by atoms with E-state index in [4.69, 9.17) is 9.47 Å². The van der Waals surface area contributed by atoms with Crippen molar-refractivity contribution in [1.29, 1.82) is 0 Å². The van der Waals surface area contributed by atoms with Crippen LogP contribution >= 0.6 is 0 Å². The van der Waals surface area contributed by atoms with Gasteiger partial charge in [-0.2, -0.15) is 0 Å². The first-order valence-electron chi connectivity index (χ1n) is 10.8. The van der Waals surface area contributed by atoms with E-state index < -0.39 is 6.04 Å². The molecule has 1 atom stereocenters. The molecule has 2 aliphatic rings. The summed E-state index contributed by atoms with van der Waals surface area (Å²) in [7, 11) is 1.57. The summed E-state index contributed by atoms with van der Waals surface area (Å²) in [5, 5.41) is 5.47. The molecule has 2 amide bonds. The number of nitrogens with one attached hydrogen (secondary N) is 2. The van der Waals surface area contributed by atoms with Gasteiger partial charge in [0, 0.05) is 13.6 Å². The molecular formula is C22H34N4O4. The highest BCUT2D eigenvalue weighted by Gasteiger charge is 2.28. The Labute approximate surface area is 178 Å². The number of anilines is 1. The van der Waals surface area contributed by atoms with Crippen LogP contribution in [0.25, 0.3) is 0 Å². The molecule has 1 aromatic rings. The van der Waals surface area contributed by atoms with E-state index >= 15 is 0 Å². The van der Waals surface area contributed by atoms with Crippen LogP contribution in [0, 0.1) is 11.3 Å². The fraction of sp³-hybridized carbons (Fsp3) is 0.682. The van der Waals surface area contributed by atoms with E-state index in [2.05, 4.69) is 20.5 Å². The number of ether oxygens (including phenoxy) is 2. The van der Waals surface area contributed by atoms with Crippen molar-refractivity contribution in [1.82, 2.24) is 15.6 Å². The number of hydrogen-bond donors (Lipinski definition) is 2. The van der Waals surface area contributed by atoms with Crippen LogP contribution in [-0.4, -0.2) is 56.4 Å². The first-order chi connectivity index (χ1) is 14.3. The predicted molar refractivity (Wildman–Crippen MR) is 115 cm³/mol. The largest absolute Gasteiger partial charge is 0.476 e. The van der Waals surface area contributed by atoms with Crippen molar-refractivity contribution >= 4 is 17.5 Å². The van der Waals surface area contributed by atoms with Gasteiger partial charge in [0.25, 0.3) is 5.91 Å². The zero-order valence-electron chi connectivity index (χ0n) is 18.5. The van der Waals surface area contributed by atoms with Crippen molar-refractivity contribution in [2.24, 2.45) is 11.3 Å². The Balaban J connectivity index is 1.78. The van der Waals surface area contributed by atoms with Crippen LogP contribution in [0.2, 0.25) is 0 Å². The van der Waals surface area contributed by atoms with Gasteiger partial charge < -0.3 is 25.0 Å². The molecule has 1 unspecified atom stereocenters. The summed E-state index contributed by atoms with van der Waals surface area (Å²) in [6.07, 6.45) is 3.80. The fourth-order valence-electron chi connectivity index (χ4n) is 3.40. The van der Waals surface area contributed by atoms with E-state index in [9.17, 15) is 9.59 Å². The highest BCUT2D eigenvalue weighted by atomic mass is 16.5. The average molecular weight is 419 g/mol. The Bertz CT molecular complexity index is 752. The van der Waals surface area contributed by atoms with Crippen molar-refractivity contribution < 1.29 is 19.1 Å². The molecule has 1 saturated carbocycles. The Hall–Kier alpha value is -2.35. The van der Waals surface area contributed by atoms with Crippen LogP contribution in [0.4, 0.5) is 5.69 Å². The molecule has 3 rings (SSSR count). The molecule has 8 nitrogen and oxygen atoms in total.